The summed E-state index contributed by atoms with van der Waals surface area (Å²) in [5, 5.41) is 10.1. The molecule has 2 aromatic rings. The molecule has 4 heteroatoms. The first-order chi connectivity index (χ1) is 8.88. The zero-order valence-corrected chi connectivity index (χ0v) is 11.0. The lowest BCUT2D eigenvalue weighted by molar-refractivity contribution is 0.0983. The zero-order valence-electron chi connectivity index (χ0n) is 11.0. The van der Waals surface area contributed by atoms with Gasteiger partial charge in [-0.15, -0.1) is 0 Å². The number of aromatic hydroxyl groups is 1. The molecule has 0 aliphatic carbocycles. The fourth-order valence-electron chi connectivity index (χ4n) is 2.26. The number of rotatable bonds is 2. The molecule has 0 aliphatic heterocycles. The first kappa shape index (κ1) is 13.1. The molecular formula is C15H14O4. The van der Waals surface area contributed by atoms with Crippen LogP contribution in [0.25, 0.3) is 17.0 Å². The Bertz CT molecular complexity index is 766. The Hall–Kier alpha value is -2.36. The minimum Gasteiger partial charge on any atom is -0.501 e. The molecule has 1 heterocycles. The van der Waals surface area contributed by atoms with E-state index in [-0.39, 0.29) is 11.1 Å². The van der Waals surface area contributed by atoms with Crippen molar-refractivity contribution in [2.75, 3.05) is 0 Å². The lowest BCUT2D eigenvalue weighted by Crippen LogP contribution is -2.09. The Morgan fingerprint density at radius 2 is 2.05 bits per heavy atom. The zero-order chi connectivity index (χ0) is 14.3. The van der Waals surface area contributed by atoms with Gasteiger partial charge < -0.3 is 9.52 Å². The molecule has 0 aliphatic rings. The molecule has 0 spiro atoms. The largest absolute Gasteiger partial charge is 0.501 e. The Morgan fingerprint density at radius 1 is 1.42 bits per heavy atom. The summed E-state index contributed by atoms with van der Waals surface area (Å²) in [6.07, 6.45) is 1.65. The maximum Gasteiger partial charge on any atom is 0.235 e. The molecule has 1 aromatic heterocycles. The van der Waals surface area contributed by atoms with E-state index in [0.717, 1.165) is 11.1 Å². The van der Waals surface area contributed by atoms with E-state index in [0.29, 0.717) is 11.1 Å². The van der Waals surface area contributed by atoms with Crippen LogP contribution < -0.4 is 5.43 Å². The van der Waals surface area contributed by atoms with Gasteiger partial charge in [-0.3, -0.25) is 9.59 Å². The number of benzene rings is 1. The van der Waals surface area contributed by atoms with E-state index in [9.17, 15) is 14.7 Å². The number of ketones is 1. The quantitative estimate of drug-likeness (QED) is 0.841. The van der Waals surface area contributed by atoms with Crippen molar-refractivity contribution in [3.05, 3.63) is 45.3 Å². The normalized spacial score (nSPS) is 10.7. The summed E-state index contributed by atoms with van der Waals surface area (Å²) < 4.78 is 5.36. The van der Waals surface area contributed by atoms with Gasteiger partial charge in [-0.1, -0.05) is 12.7 Å². The van der Waals surface area contributed by atoms with E-state index in [1.165, 1.54) is 6.92 Å². The van der Waals surface area contributed by atoms with Crippen molar-refractivity contribution in [3.8, 4) is 5.75 Å². The predicted octanol–water partition coefficient (Wildman–Crippen LogP) is 2.96. The Labute approximate surface area is 110 Å². The van der Waals surface area contributed by atoms with Crippen LogP contribution in [-0.2, 0) is 0 Å². The number of carbonyl (C=O) groups excluding carboxylic acids is 1. The minimum atomic E-state index is -0.637. The van der Waals surface area contributed by atoms with Gasteiger partial charge in [-0.2, -0.15) is 0 Å². The topological polar surface area (TPSA) is 67.5 Å². The Morgan fingerprint density at radius 3 is 2.58 bits per heavy atom. The van der Waals surface area contributed by atoms with Gasteiger partial charge in [0.2, 0.25) is 16.9 Å². The molecule has 1 N–H and O–H groups in total. The van der Waals surface area contributed by atoms with Gasteiger partial charge >= 0.3 is 0 Å². The van der Waals surface area contributed by atoms with E-state index in [1.54, 1.807) is 19.1 Å². The van der Waals surface area contributed by atoms with Crippen LogP contribution >= 0.6 is 0 Å². The molecule has 0 atom stereocenters. The second-order valence-electron chi connectivity index (χ2n) is 4.47. The third-order valence-electron chi connectivity index (χ3n) is 3.19. The van der Waals surface area contributed by atoms with Gasteiger partial charge in [0, 0.05) is 6.92 Å². The average Bonchev–Trinajstić information content (AvgIpc) is 2.33. The van der Waals surface area contributed by atoms with Crippen LogP contribution in [0.1, 0.15) is 34.2 Å². The predicted molar refractivity (Wildman–Crippen MR) is 73.7 cm³/mol. The highest BCUT2D eigenvalue weighted by Gasteiger charge is 2.19. The van der Waals surface area contributed by atoms with Crippen LogP contribution in [0.2, 0.25) is 0 Å². The standard InChI is InChI=1S/C15H14O4/c1-5-10-7(2)6-11-12(8(10)3)13(17)14(18)15(19-11)9(4)16/h5-6,18H,1H2,2-4H3. The minimum absolute atomic E-state index is 0.281. The number of carbonyl (C=O) groups is 1. The van der Waals surface area contributed by atoms with Crippen LogP contribution in [-0.4, -0.2) is 10.9 Å². The highest BCUT2D eigenvalue weighted by molar-refractivity contribution is 5.97. The second-order valence-corrected chi connectivity index (χ2v) is 4.47. The van der Waals surface area contributed by atoms with Gasteiger partial charge in [0.05, 0.1) is 5.39 Å². The summed E-state index contributed by atoms with van der Waals surface area (Å²) in [7, 11) is 0. The Kier molecular flexibility index (Phi) is 3.02. The number of hydrogen-bond donors (Lipinski definition) is 1. The summed E-state index contributed by atoms with van der Waals surface area (Å²) >= 11 is 0. The third-order valence-corrected chi connectivity index (χ3v) is 3.19. The first-order valence-corrected chi connectivity index (χ1v) is 5.81. The van der Waals surface area contributed by atoms with Crippen molar-refractivity contribution >= 4 is 22.8 Å². The smallest absolute Gasteiger partial charge is 0.235 e. The van der Waals surface area contributed by atoms with Crippen LogP contribution in [0, 0.1) is 13.8 Å². The Balaban J connectivity index is 3.06. The monoisotopic (exact) mass is 258 g/mol. The lowest BCUT2D eigenvalue weighted by Gasteiger charge is -2.10. The summed E-state index contributed by atoms with van der Waals surface area (Å²) in [4.78, 5) is 23.5. The fourth-order valence-corrected chi connectivity index (χ4v) is 2.26. The highest BCUT2D eigenvalue weighted by atomic mass is 16.4. The van der Waals surface area contributed by atoms with Gasteiger partial charge in [0.15, 0.2) is 5.78 Å². The molecule has 0 radical (unpaired) electrons. The van der Waals surface area contributed by atoms with Gasteiger partial charge in [-0.05, 0) is 36.6 Å². The van der Waals surface area contributed by atoms with Gasteiger partial charge in [0.1, 0.15) is 5.58 Å². The SMILES string of the molecule is C=Cc1c(C)cc2oc(C(C)=O)c(O)c(=O)c2c1C. The van der Waals surface area contributed by atoms with Crippen molar-refractivity contribution < 1.29 is 14.3 Å². The maximum absolute atomic E-state index is 12.2. The van der Waals surface area contributed by atoms with Crippen LogP contribution in [0.4, 0.5) is 0 Å². The fraction of sp³-hybridized carbons (Fsp3) is 0.200. The van der Waals surface area contributed by atoms with Gasteiger partial charge in [0.25, 0.3) is 0 Å². The molecule has 0 amide bonds. The van der Waals surface area contributed by atoms with E-state index in [2.05, 4.69) is 6.58 Å². The second kappa shape index (κ2) is 4.39. The summed E-state index contributed by atoms with van der Waals surface area (Å²) in [5.41, 5.74) is 2.11. The number of hydrogen-bond acceptors (Lipinski definition) is 4. The molecule has 2 rings (SSSR count). The maximum atomic E-state index is 12.2. The molecule has 19 heavy (non-hydrogen) atoms. The molecule has 0 fully saturated rings. The van der Waals surface area contributed by atoms with Crippen LogP contribution in [0.15, 0.2) is 21.9 Å². The number of fused-ring (bicyclic) bond motifs is 1. The number of aryl methyl sites for hydroxylation is 2. The molecule has 0 unspecified atom stereocenters. The average molecular weight is 258 g/mol. The van der Waals surface area contributed by atoms with E-state index < -0.39 is 17.0 Å². The molecular weight excluding hydrogens is 244 g/mol. The lowest BCUT2D eigenvalue weighted by atomic mass is 9.98. The van der Waals surface area contributed by atoms with Gasteiger partial charge in [-0.25, -0.2) is 0 Å². The van der Waals surface area contributed by atoms with E-state index in [1.807, 2.05) is 6.92 Å². The molecule has 0 saturated heterocycles. The highest BCUT2D eigenvalue weighted by Crippen LogP contribution is 2.27. The van der Waals surface area contributed by atoms with Crippen molar-refractivity contribution in [3.63, 3.8) is 0 Å². The first-order valence-electron chi connectivity index (χ1n) is 5.81. The van der Waals surface area contributed by atoms with Crippen molar-refractivity contribution in [1.82, 2.24) is 0 Å². The molecule has 4 nitrogen and oxygen atoms in total. The van der Waals surface area contributed by atoms with E-state index in [4.69, 9.17) is 4.42 Å². The van der Waals surface area contributed by atoms with Crippen molar-refractivity contribution in [2.45, 2.75) is 20.8 Å². The molecule has 0 bridgehead atoms. The van der Waals surface area contributed by atoms with E-state index >= 15 is 0 Å². The molecule has 98 valence electrons. The molecule has 1 aromatic carbocycles. The summed E-state index contributed by atoms with van der Waals surface area (Å²) in [5.74, 6) is -1.43. The van der Waals surface area contributed by atoms with Crippen LogP contribution in [0.3, 0.4) is 0 Å². The third kappa shape index (κ3) is 1.85. The number of Topliss-reactive ketones (excluding diaryl/α,β-unsaturated/α-hetero) is 1. The molecule has 0 saturated carbocycles. The van der Waals surface area contributed by atoms with Crippen molar-refractivity contribution in [1.29, 1.82) is 0 Å². The summed E-state index contributed by atoms with van der Waals surface area (Å²) in [6, 6.07) is 1.67. The van der Waals surface area contributed by atoms with Crippen LogP contribution in [0.5, 0.6) is 5.75 Å². The summed E-state index contributed by atoms with van der Waals surface area (Å²) in [6.45, 7) is 8.57. The van der Waals surface area contributed by atoms with Crippen molar-refractivity contribution in [2.24, 2.45) is 0 Å².